The van der Waals surface area contributed by atoms with E-state index in [-0.39, 0.29) is 5.54 Å². The summed E-state index contributed by atoms with van der Waals surface area (Å²) in [7, 11) is 0. The molecule has 3 rings (SSSR count). The Balaban J connectivity index is 1.99. The van der Waals surface area contributed by atoms with Crippen LogP contribution in [0.5, 0.6) is 0 Å². The fourth-order valence-electron chi connectivity index (χ4n) is 2.94. The second-order valence-corrected chi connectivity index (χ2v) is 5.79. The second-order valence-electron chi connectivity index (χ2n) is 4.90. The summed E-state index contributed by atoms with van der Waals surface area (Å²) in [6.07, 6.45) is 5.26. The standard InChI is InChI=1S/C15H18N2S/c1-2-17-15(14-16-9-10-18-14)8-7-12-5-3-4-6-13(12)11-15/h3-6,9-10,17H,2,7-8,11H2,1H3. The van der Waals surface area contributed by atoms with Crippen molar-refractivity contribution in [1.82, 2.24) is 10.3 Å². The van der Waals surface area contributed by atoms with E-state index in [9.17, 15) is 0 Å². The van der Waals surface area contributed by atoms with Gasteiger partial charge in [0, 0.05) is 11.6 Å². The Hall–Kier alpha value is -1.19. The smallest absolute Gasteiger partial charge is 0.113 e. The first-order chi connectivity index (χ1) is 8.84. The Kier molecular flexibility index (Phi) is 3.18. The monoisotopic (exact) mass is 258 g/mol. The molecule has 2 nitrogen and oxygen atoms in total. The maximum absolute atomic E-state index is 4.56. The predicted molar refractivity (Wildman–Crippen MR) is 75.9 cm³/mol. The third-order valence-electron chi connectivity index (χ3n) is 3.79. The summed E-state index contributed by atoms with van der Waals surface area (Å²) in [5.74, 6) is 0. The first kappa shape index (κ1) is 11.9. The van der Waals surface area contributed by atoms with Gasteiger partial charge in [-0.25, -0.2) is 4.98 Å². The molecule has 1 aliphatic carbocycles. The van der Waals surface area contributed by atoms with Gasteiger partial charge in [0.25, 0.3) is 0 Å². The SMILES string of the molecule is CCNC1(c2nccs2)CCc2ccccc2C1. The number of nitrogens with zero attached hydrogens (tertiary/aromatic N) is 1. The summed E-state index contributed by atoms with van der Waals surface area (Å²) in [4.78, 5) is 4.56. The molecule has 1 unspecified atom stereocenters. The Bertz CT molecular complexity index is 521. The first-order valence-electron chi connectivity index (χ1n) is 6.56. The van der Waals surface area contributed by atoms with Crippen LogP contribution in [0.25, 0.3) is 0 Å². The van der Waals surface area contributed by atoms with E-state index in [0.717, 1.165) is 25.8 Å². The van der Waals surface area contributed by atoms with Crippen molar-refractivity contribution in [3.8, 4) is 0 Å². The van der Waals surface area contributed by atoms with Gasteiger partial charge in [0.1, 0.15) is 5.01 Å². The molecule has 0 radical (unpaired) electrons. The van der Waals surface area contributed by atoms with Crippen LogP contribution in [0, 0.1) is 0 Å². The summed E-state index contributed by atoms with van der Waals surface area (Å²) < 4.78 is 0. The Labute approximate surface area is 112 Å². The van der Waals surface area contributed by atoms with Crippen molar-refractivity contribution >= 4 is 11.3 Å². The number of hydrogen-bond donors (Lipinski definition) is 1. The van der Waals surface area contributed by atoms with E-state index in [2.05, 4.69) is 46.9 Å². The lowest BCUT2D eigenvalue weighted by atomic mass is 9.78. The summed E-state index contributed by atoms with van der Waals surface area (Å²) in [6, 6.07) is 8.80. The zero-order chi connectivity index (χ0) is 12.4. The molecule has 0 fully saturated rings. The van der Waals surface area contributed by atoms with E-state index < -0.39 is 0 Å². The lowest BCUT2D eigenvalue weighted by Crippen LogP contribution is -2.46. The Morgan fingerprint density at radius 3 is 2.89 bits per heavy atom. The van der Waals surface area contributed by atoms with E-state index in [0.29, 0.717) is 0 Å². The van der Waals surface area contributed by atoms with Crippen molar-refractivity contribution in [2.24, 2.45) is 0 Å². The molecule has 2 aromatic rings. The number of aromatic nitrogens is 1. The van der Waals surface area contributed by atoms with Crippen LogP contribution < -0.4 is 5.32 Å². The molecule has 3 heteroatoms. The number of benzene rings is 1. The topological polar surface area (TPSA) is 24.9 Å². The number of rotatable bonds is 3. The molecular formula is C15H18N2S. The summed E-state index contributed by atoms with van der Waals surface area (Å²) >= 11 is 1.77. The van der Waals surface area contributed by atoms with Gasteiger partial charge >= 0.3 is 0 Å². The Morgan fingerprint density at radius 1 is 1.33 bits per heavy atom. The van der Waals surface area contributed by atoms with Crippen molar-refractivity contribution in [1.29, 1.82) is 0 Å². The number of likely N-dealkylation sites (N-methyl/N-ethyl adjacent to an activating group) is 1. The van der Waals surface area contributed by atoms with Crippen LogP contribution in [-0.2, 0) is 18.4 Å². The minimum atomic E-state index is 0.0528. The van der Waals surface area contributed by atoms with Gasteiger partial charge in [-0.2, -0.15) is 0 Å². The van der Waals surface area contributed by atoms with Crippen LogP contribution in [-0.4, -0.2) is 11.5 Å². The fourth-order valence-corrected chi connectivity index (χ4v) is 3.79. The lowest BCUT2D eigenvalue weighted by molar-refractivity contribution is 0.296. The van der Waals surface area contributed by atoms with Gasteiger partial charge in [-0.05, 0) is 36.9 Å². The average molecular weight is 258 g/mol. The molecular weight excluding hydrogens is 240 g/mol. The number of aryl methyl sites for hydroxylation is 1. The summed E-state index contributed by atoms with van der Waals surface area (Å²) in [5.41, 5.74) is 3.03. The third kappa shape index (κ3) is 1.98. The molecule has 0 bridgehead atoms. The molecule has 1 N–H and O–H groups in total. The molecule has 0 saturated heterocycles. The highest BCUT2D eigenvalue weighted by atomic mass is 32.1. The highest BCUT2D eigenvalue weighted by Gasteiger charge is 2.37. The third-order valence-corrected chi connectivity index (χ3v) is 4.77. The van der Waals surface area contributed by atoms with Crippen LogP contribution in [0.1, 0.15) is 29.5 Å². The first-order valence-corrected chi connectivity index (χ1v) is 7.44. The van der Waals surface area contributed by atoms with Gasteiger partial charge in [0.15, 0.2) is 0 Å². The highest BCUT2D eigenvalue weighted by Crippen LogP contribution is 2.37. The zero-order valence-corrected chi connectivity index (χ0v) is 11.5. The van der Waals surface area contributed by atoms with Crippen LogP contribution in [0.4, 0.5) is 0 Å². The zero-order valence-electron chi connectivity index (χ0n) is 10.6. The van der Waals surface area contributed by atoms with Gasteiger partial charge in [-0.15, -0.1) is 11.3 Å². The van der Waals surface area contributed by atoms with Gasteiger partial charge in [-0.3, -0.25) is 0 Å². The molecule has 0 aliphatic heterocycles. The van der Waals surface area contributed by atoms with Gasteiger partial charge < -0.3 is 5.32 Å². The quantitative estimate of drug-likeness (QED) is 0.915. The van der Waals surface area contributed by atoms with Crippen LogP contribution in [0.2, 0.25) is 0 Å². The largest absolute Gasteiger partial charge is 0.305 e. The second kappa shape index (κ2) is 4.82. The molecule has 1 aromatic heterocycles. The molecule has 1 aromatic carbocycles. The molecule has 0 amide bonds. The molecule has 94 valence electrons. The van der Waals surface area contributed by atoms with Crippen LogP contribution in [0.3, 0.4) is 0 Å². The van der Waals surface area contributed by atoms with Crippen molar-refractivity contribution in [3.63, 3.8) is 0 Å². The molecule has 1 aliphatic rings. The molecule has 0 spiro atoms. The van der Waals surface area contributed by atoms with Gasteiger partial charge in [0.2, 0.25) is 0 Å². The van der Waals surface area contributed by atoms with E-state index in [4.69, 9.17) is 0 Å². The number of nitrogens with one attached hydrogen (secondary N) is 1. The van der Waals surface area contributed by atoms with Crippen molar-refractivity contribution < 1.29 is 0 Å². The fraction of sp³-hybridized carbons (Fsp3) is 0.400. The minimum absolute atomic E-state index is 0.0528. The van der Waals surface area contributed by atoms with Crippen molar-refractivity contribution in [3.05, 3.63) is 52.0 Å². The lowest BCUT2D eigenvalue weighted by Gasteiger charge is -2.37. The van der Waals surface area contributed by atoms with E-state index >= 15 is 0 Å². The highest BCUT2D eigenvalue weighted by molar-refractivity contribution is 7.09. The van der Waals surface area contributed by atoms with Crippen molar-refractivity contribution in [2.45, 2.75) is 31.7 Å². The van der Waals surface area contributed by atoms with Crippen LogP contribution in [0.15, 0.2) is 35.8 Å². The van der Waals surface area contributed by atoms with Crippen molar-refractivity contribution in [2.75, 3.05) is 6.54 Å². The van der Waals surface area contributed by atoms with E-state index in [1.54, 1.807) is 11.3 Å². The van der Waals surface area contributed by atoms with Gasteiger partial charge in [-0.1, -0.05) is 31.2 Å². The number of thiazole rings is 1. The minimum Gasteiger partial charge on any atom is -0.305 e. The molecule has 1 atom stereocenters. The maximum Gasteiger partial charge on any atom is 0.113 e. The normalized spacial score (nSPS) is 22.7. The number of hydrogen-bond acceptors (Lipinski definition) is 3. The Morgan fingerprint density at radius 2 is 2.17 bits per heavy atom. The van der Waals surface area contributed by atoms with E-state index in [1.165, 1.54) is 16.1 Å². The number of fused-ring (bicyclic) bond motifs is 1. The van der Waals surface area contributed by atoms with Gasteiger partial charge in [0.05, 0.1) is 5.54 Å². The molecule has 0 saturated carbocycles. The predicted octanol–water partition coefficient (Wildman–Crippen LogP) is 3.14. The van der Waals surface area contributed by atoms with Crippen LogP contribution >= 0.6 is 11.3 Å². The molecule has 1 heterocycles. The average Bonchev–Trinajstić information content (AvgIpc) is 2.93. The maximum atomic E-state index is 4.56. The summed E-state index contributed by atoms with van der Waals surface area (Å²) in [5, 5.41) is 7.00. The molecule has 18 heavy (non-hydrogen) atoms. The summed E-state index contributed by atoms with van der Waals surface area (Å²) in [6.45, 7) is 3.16. The van der Waals surface area contributed by atoms with E-state index in [1.807, 2.05) is 6.20 Å².